The first-order valence-electron chi connectivity index (χ1n) is 19.5. The molecule has 0 amide bonds. The van der Waals surface area contributed by atoms with Crippen LogP contribution in [0.1, 0.15) is 25.0 Å². The summed E-state index contributed by atoms with van der Waals surface area (Å²) in [6.07, 6.45) is 0. The second-order valence-electron chi connectivity index (χ2n) is 15.3. The third-order valence-corrected chi connectivity index (χ3v) is 11.7. The Morgan fingerprint density at radius 2 is 0.911 bits per heavy atom. The molecule has 10 rings (SSSR count). The summed E-state index contributed by atoms with van der Waals surface area (Å²) in [7, 11) is 0. The lowest BCUT2D eigenvalue weighted by Gasteiger charge is -2.29. The fourth-order valence-corrected chi connectivity index (χ4v) is 8.98. The standard InChI is InChI=1S/C55H41N/c1-55(2)50-28-13-11-26-49(50)54-47(27-16-29-51(54)55)40-31-34-43(35-32-40)56(52-30-14-12-24-45(52)38-17-5-3-6-18-38)44-23-15-22-42(37-44)48-36-33-39-19-9-10-25-46(39)53(48)41-20-7-4-8-21-41/h3-37H,1-2H3. The van der Waals surface area contributed by atoms with Crippen LogP contribution in [0.15, 0.2) is 212 Å². The van der Waals surface area contributed by atoms with Crippen molar-refractivity contribution in [1.82, 2.24) is 0 Å². The second kappa shape index (κ2) is 13.7. The summed E-state index contributed by atoms with van der Waals surface area (Å²) in [5.74, 6) is 0. The zero-order valence-electron chi connectivity index (χ0n) is 31.7. The van der Waals surface area contributed by atoms with Crippen LogP contribution in [-0.4, -0.2) is 0 Å². The molecule has 0 fully saturated rings. The fourth-order valence-electron chi connectivity index (χ4n) is 8.98. The maximum atomic E-state index is 2.42. The van der Waals surface area contributed by atoms with Crippen molar-refractivity contribution >= 4 is 27.8 Å². The fraction of sp³-hybridized carbons (Fsp3) is 0.0545. The average Bonchev–Trinajstić information content (AvgIpc) is 3.50. The molecule has 0 saturated carbocycles. The molecular weight excluding hydrogens is 675 g/mol. The van der Waals surface area contributed by atoms with Gasteiger partial charge < -0.3 is 4.90 Å². The number of hydrogen-bond donors (Lipinski definition) is 0. The number of para-hydroxylation sites is 1. The molecule has 1 heteroatoms. The molecule has 0 saturated heterocycles. The zero-order chi connectivity index (χ0) is 37.6. The molecule has 0 aromatic heterocycles. The Balaban J connectivity index is 1.14. The van der Waals surface area contributed by atoms with Gasteiger partial charge in [0, 0.05) is 22.4 Å². The monoisotopic (exact) mass is 715 g/mol. The lowest BCUT2D eigenvalue weighted by molar-refractivity contribution is 0.660. The van der Waals surface area contributed by atoms with E-state index in [0.29, 0.717) is 0 Å². The maximum Gasteiger partial charge on any atom is 0.0540 e. The molecule has 56 heavy (non-hydrogen) atoms. The van der Waals surface area contributed by atoms with Crippen LogP contribution >= 0.6 is 0 Å². The van der Waals surface area contributed by atoms with E-state index in [9.17, 15) is 0 Å². The van der Waals surface area contributed by atoms with Gasteiger partial charge in [0.1, 0.15) is 0 Å². The van der Waals surface area contributed by atoms with E-state index in [-0.39, 0.29) is 5.41 Å². The van der Waals surface area contributed by atoms with Gasteiger partial charge in [-0.25, -0.2) is 0 Å². The number of rotatable bonds is 7. The Labute approximate surface area is 329 Å². The molecular formula is C55H41N. The highest BCUT2D eigenvalue weighted by atomic mass is 15.1. The highest BCUT2D eigenvalue weighted by molar-refractivity contribution is 6.04. The van der Waals surface area contributed by atoms with E-state index in [0.717, 1.165) is 17.1 Å². The highest BCUT2D eigenvalue weighted by Crippen LogP contribution is 2.52. The van der Waals surface area contributed by atoms with Crippen molar-refractivity contribution in [2.75, 3.05) is 4.90 Å². The minimum atomic E-state index is -0.0454. The van der Waals surface area contributed by atoms with Gasteiger partial charge in [-0.05, 0) is 102 Å². The van der Waals surface area contributed by atoms with Gasteiger partial charge in [-0.1, -0.05) is 196 Å². The molecule has 0 N–H and O–H groups in total. The smallest absolute Gasteiger partial charge is 0.0540 e. The summed E-state index contributed by atoms with van der Waals surface area (Å²) >= 11 is 0. The topological polar surface area (TPSA) is 3.24 Å². The van der Waals surface area contributed by atoms with Crippen molar-refractivity contribution < 1.29 is 0 Å². The van der Waals surface area contributed by atoms with Crippen molar-refractivity contribution in [1.29, 1.82) is 0 Å². The number of fused-ring (bicyclic) bond motifs is 4. The third kappa shape index (κ3) is 5.63. The summed E-state index contributed by atoms with van der Waals surface area (Å²) in [5.41, 5.74) is 18.5. The first-order chi connectivity index (χ1) is 27.6. The van der Waals surface area contributed by atoms with Crippen LogP contribution in [0.5, 0.6) is 0 Å². The van der Waals surface area contributed by atoms with E-state index >= 15 is 0 Å². The van der Waals surface area contributed by atoms with E-state index in [1.54, 1.807) is 0 Å². The first-order valence-corrected chi connectivity index (χ1v) is 19.5. The van der Waals surface area contributed by atoms with E-state index in [4.69, 9.17) is 0 Å². The Hall–Kier alpha value is -6.96. The van der Waals surface area contributed by atoms with Gasteiger partial charge in [0.2, 0.25) is 0 Å². The van der Waals surface area contributed by atoms with Crippen molar-refractivity contribution in [2.45, 2.75) is 19.3 Å². The molecule has 0 heterocycles. The minimum absolute atomic E-state index is 0.0454. The molecule has 1 aliphatic rings. The largest absolute Gasteiger partial charge is 0.310 e. The quantitative estimate of drug-likeness (QED) is 0.159. The van der Waals surface area contributed by atoms with Gasteiger partial charge in [-0.15, -0.1) is 0 Å². The molecule has 0 atom stereocenters. The van der Waals surface area contributed by atoms with Crippen LogP contribution in [0.2, 0.25) is 0 Å². The average molecular weight is 716 g/mol. The van der Waals surface area contributed by atoms with Crippen molar-refractivity contribution in [3.63, 3.8) is 0 Å². The zero-order valence-corrected chi connectivity index (χ0v) is 31.7. The Morgan fingerprint density at radius 1 is 0.339 bits per heavy atom. The number of anilines is 3. The van der Waals surface area contributed by atoms with Gasteiger partial charge in [-0.3, -0.25) is 0 Å². The van der Waals surface area contributed by atoms with Crippen LogP contribution < -0.4 is 4.90 Å². The Morgan fingerprint density at radius 3 is 1.71 bits per heavy atom. The minimum Gasteiger partial charge on any atom is -0.310 e. The molecule has 266 valence electrons. The van der Waals surface area contributed by atoms with Crippen molar-refractivity contribution in [3.8, 4) is 55.6 Å². The molecule has 0 spiro atoms. The second-order valence-corrected chi connectivity index (χ2v) is 15.3. The number of nitrogens with zero attached hydrogens (tertiary/aromatic N) is 1. The normalized spacial score (nSPS) is 12.6. The van der Waals surface area contributed by atoms with Crippen LogP contribution in [0.4, 0.5) is 17.1 Å². The molecule has 1 nitrogen and oxygen atoms in total. The summed E-state index contributed by atoms with van der Waals surface area (Å²) < 4.78 is 0. The molecule has 9 aromatic rings. The maximum absolute atomic E-state index is 2.42. The van der Waals surface area contributed by atoms with Crippen molar-refractivity contribution in [2.24, 2.45) is 0 Å². The molecule has 0 aliphatic heterocycles. The van der Waals surface area contributed by atoms with Crippen LogP contribution in [0.3, 0.4) is 0 Å². The third-order valence-electron chi connectivity index (χ3n) is 11.7. The summed E-state index contributed by atoms with van der Waals surface area (Å²) in [4.78, 5) is 2.42. The van der Waals surface area contributed by atoms with Gasteiger partial charge >= 0.3 is 0 Å². The Kier molecular flexibility index (Phi) is 8.23. The summed E-state index contributed by atoms with van der Waals surface area (Å²) in [5, 5.41) is 2.49. The van der Waals surface area contributed by atoms with Crippen LogP contribution in [0.25, 0.3) is 66.4 Å². The lowest BCUT2D eigenvalue weighted by atomic mass is 9.82. The molecule has 0 bridgehead atoms. The number of hydrogen-bond acceptors (Lipinski definition) is 1. The van der Waals surface area contributed by atoms with E-state index < -0.39 is 0 Å². The van der Waals surface area contributed by atoms with Gasteiger partial charge in [0.25, 0.3) is 0 Å². The van der Waals surface area contributed by atoms with Gasteiger partial charge in [0.05, 0.1) is 5.69 Å². The molecule has 0 unspecified atom stereocenters. The highest BCUT2D eigenvalue weighted by Gasteiger charge is 2.36. The van der Waals surface area contributed by atoms with Gasteiger partial charge in [0.15, 0.2) is 0 Å². The molecule has 9 aromatic carbocycles. The van der Waals surface area contributed by atoms with Crippen LogP contribution in [-0.2, 0) is 5.41 Å². The summed E-state index contributed by atoms with van der Waals surface area (Å²) in [6, 6.07) is 77.5. The molecule has 0 radical (unpaired) electrons. The number of benzene rings is 9. The van der Waals surface area contributed by atoms with E-state index in [1.807, 2.05) is 0 Å². The predicted octanol–water partition coefficient (Wildman–Crippen LogP) is 15.3. The van der Waals surface area contributed by atoms with E-state index in [1.165, 1.54) is 77.5 Å². The lowest BCUT2D eigenvalue weighted by Crippen LogP contribution is -2.14. The predicted molar refractivity (Wildman–Crippen MR) is 238 cm³/mol. The van der Waals surface area contributed by atoms with E-state index in [2.05, 4.69) is 231 Å². The van der Waals surface area contributed by atoms with Crippen molar-refractivity contribution in [3.05, 3.63) is 223 Å². The Bertz CT molecular complexity index is 2870. The van der Waals surface area contributed by atoms with Crippen LogP contribution in [0, 0.1) is 0 Å². The summed E-state index contributed by atoms with van der Waals surface area (Å²) in [6.45, 7) is 4.70. The first kappa shape index (κ1) is 33.6. The van der Waals surface area contributed by atoms with Gasteiger partial charge in [-0.2, -0.15) is 0 Å². The SMILES string of the molecule is CC1(C)c2ccccc2-c2c(-c3ccc(N(c4cccc(-c5ccc6ccccc6c5-c5ccccc5)c4)c4ccccc4-c4ccccc4)cc3)cccc21. The molecule has 1 aliphatic carbocycles.